The second kappa shape index (κ2) is 10.8. The van der Waals surface area contributed by atoms with Gasteiger partial charge in [0.15, 0.2) is 9.84 Å². The number of amides is 2. The zero-order valence-corrected chi connectivity index (χ0v) is 21.9. The molecular formula is C28H24ClN3O5S. The Bertz CT molecular complexity index is 1600. The monoisotopic (exact) mass is 549 g/mol. The zero-order valence-electron chi connectivity index (χ0n) is 20.3. The number of benzene rings is 3. The van der Waals surface area contributed by atoms with Crippen LogP contribution in [0.15, 0.2) is 90.0 Å². The van der Waals surface area contributed by atoms with Crippen molar-refractivity contribution in [2.24, 2.45) is 0 Å². The fraction of sp³-hybridized carbons (Fsp3) is 0.179. The minimum atomic E-state index is -3.65. The van der Waals surface area contributed by atoms with Gasteiger partial charge in [0.1, 0.15) is 5.75 Å². The van der Waals surface area contributed by atoms with Crippen molar-refractivity contribution in [3.8, 4) is 5.75 Å². The Kier molecular flexibility index (Phi) is 7.31. The van der Waals surface area contributed by atoms with Crippen molar-refractivity contribution in [3.05, 3.63) is 101 Å². The van der Waals surface area contributed by atoms with Crippen molar-refractivity contribution in [2.45, 2.75) is 10.6 Å². The van der Waals surface area contributed by atoms with Crippen molar-refractivity contribution >= 4 is 44.3 Å². The first-order chi connectivity index (χ1) is 18.3. The molecule has 194 valence electrons. The highest BCUT2D eigenvalue weighted by Gasteiger charge is 2.26. The number of carbonyl (C=O) groups excluding carboxylic acids is 2. The molecular weight excluding hydrogens is 526 g/mol. The molecule has 5 rings (SSSR count). The molecule has 38 heavy (non-hydrogen) atoms. The maximum absolute atomic E-state index is 13.1. The number of hydrogen-bond donors (Lipinski definition) is 0. The minimum Gasteiger partial charge on any atom is -0.410 e. The van der Waals surface area contributed by atoms with Gasteiger partial charge < -0.3 is 14.5 Å². The number of para-hydroxylation sites is 1. The molecule has 0 saturated carbocycles. The molecule has 4 aromatic rings. The highest BCUT2D eigenvalue weighted by atomic mass is 35.5. The van der Waals surface area contributed by atoms with E-state index in [-0.39, 0.29) is 16.6 Å². The molecule has 0 unspecified atom stereocenters. The molecule has 8 nitrogen and oxygen atoms in total. The fourth-order valence-electron chi connectivity index (χ4n) is 4.34. The standard InChI is InChI=1S/C28H24ClN3O5S/c29-23-6-2-7-24(18-23)37-28(34)32-16-14-31(15-17-32)27(33)22-11-9-20(10-12-22)19-38(35,36)25-8-1-4-21-5-3-13-30-26(21)25/h1-13,18H,14-17,19H2. The van der Waals surface area contributed by atoms with Gasteiger partial charge >= 0.3 is 6.09 Å². The summed E-state index contributed by atoms with van der Waals surface area (Å²) in [6.07, 6.45) is 1.08. The third kappa shape index (κ3) is 5.64. The van der Waals surface area contributed by atoms with Crippen LogP contribution >= 0.6 is 11.6 Å². The lowest BCUT2D eigenvalue weighted by atomic mass is 10.1. The summed E-state index contributed by atoms with van der Waals surface area (Å²) in [6, 6.07) is 21.9. The van der Waals surface area contributed by atoms with E-state index < -0.39 is 15.9 Å². The van der Waals surface area contributed by atoms with Gasteiger partial charge in [-0.3, -0.25) is 9.78 Å². The largest absolute Gasteiger partial charge is 0.415 e. The van der Waals surface area contributed by atoms with Gasteiger partial charge in [-0.15, -0.1) is 0 Å². The minimum absolute atomic E-state index is 0.180. The molecule has 0 bridgehead atoms. The van der Waals surface area contributed by atoms with Gasteiger partial charge in [0, 0.05) is 48.3 Å². The van der Waals surface area contributed by atoms with E-state index in [0.29, 0.717) is 53.6 Å². The molecule has 0 N–H and O–H groups in total. The zero-order chi connectivity index (χ0) is 26.7. The lowest BCUT2D eigenvalue weighted by Crippen LogP contribution is -2.51. The number of hydrogen-bond acceptors (Lipinski definition) is 6. The lowest BCUT2D eigenvalue weighted by molar-refractivity contribution is 0.0633. The van der Waals surface area contributed by atoms with Gasteiger partial charge in [-0.25, -0.2) is 13.2 Å². The number of fused-ring (bicyclic) bond motifs is 1. The molecule has 0 aliphatic carbocycles. The predicted octanol–water partition coefficient (Wildman–Crippen LogP) is 4.82. The average molecular weight is 550 g/mol. The SMILES string of the molecule is O=C(Oc1cccc(Cl)c1)N1CCN(C(=O)c2ccc(CS(=O)(=O)c3cccc4cccnc34)cc2)CC1. The summed E-state index contributed by atoms with van der Waals surface area (Å²) in [5, 5.41) is 1.23. The Morgan fingerprint density at radius 3 is 2.29 bits per heavy atom. The molecule has 0 radical (unpaired) electrons. The van der Waals surface area contributed by atoms with Crippen LogP contribution in [-0.2, 0) is 15.6 Å². The Morgan fingerprint density at radius 2 is 1.55 bits per heavy atom. The van der Waals surface area contributed by atoms with E-state index in [4.69, 9.17) is 16.3 Å². The highest BCUT2D eigenvalue weighted by molar-refractivity contribution is 7.90. The molecule has 3 aromatic carbocycles. The van der Waals surface area contributed by atoms with Gasteiger partial charge in [-0.05, 0) is 48.0 Å². The Labute approximate surface area is 225 Å². The quantitative estimate of drug-likeness (QED) is 0.354. The Balaban J connectivity index is 1.20. The van der Waals surface area contributed by atoms with Crippen LogP contribution in [0.1, 0.15) is 15.9 Å². The number of halogens is 1. The first-order valence-corrected chi connectivity index (χ1v) is 14.0. The second-order valence-corrected chi connectivity index (χ2v) is 11.3. The maximum atomic E-state index is 13.1. The number of pyridine rings is 1. The summed E-state index contributed by atoms with van der Waals surface area (Å²) in [4.78, 5) is 33.1. The van der Waals surface area contributed by atoms with E-state index in [0.717, 1.165) is 5.39 Å². The molecule has 1 aliphatic heterocycles. The van der Waals surface area contributed by atoms with E-state index in [1.807, 2.05) is 12.1 Å². The van der Waals surface area contributed by atoms with Crippen LogP contribution in [0.25, 0.3) is 10.9 Å². The van der Waals surface area contributed by atoms with Crippen molar-refractivity contribution in [1.29, 1.82) is 0 Å². The number of nitrogens with zero attached hydrogens (tertiary/aromatic N) is 3. The molecule has 2 heterocycles. The van der Waals surface area contributed by atoms with Gasteiger partial charge in [0.2, 0.25) is 0 Å². The summed E-state index contributed by atoms with van der Waals surface area (Å²) in [7, 11) is -3.65. The molecule has 1 saturated heterocycles. The van der Waals surface area contributed by atoms with Crippen molar-refractivity contribution in [2.75, 3.05) is 26.2 Å². The smallest absolute Gasteiger partial charge is 0.410 e. The first kappa shape index (κ1) is 25.7. The predicted molar refractivity (Wildman–Crippen MR) is 144 cm³/mol. The van der Waals surface area contributed by atoms with E-state index in [2.05, 4.69) is 4.98 Å². The molecule has 2 amide bonds. The summed E-state index contributed by atoms with van der Waals surface area (Å²) < 4.78 is 31.6. The van der Waals surface area contributed by atoms with Gasteiger partial charge in [-0.1, -0.05) is 48.0 Å². The second-order valence-electron chi connectivity index (χ2n) is 8.89. The van der Waals surface area contributed by atoms with E-state index in [1.54, 1.807) is 82.7 Å². The van der Waals surface area contributed by atoms with Crippen LogP contribution in [0, 0.1) is 0 Å². The highest BCUT2D eigenvalue weighted by Crippen LogP contribution is 2.24. The summed E-state index contributed by atoms with van der Waals surface area (Å²) in [5.74, 6) is -0.0229. The molecule has 0 atom stereocenters. The third-order valence-electron chi connectivity index (χ3n) is 6.31. The number of sulfone groups is 1. The van der Waals surface area contributed by atoms with Crippen LogP contribution in [0.5, 0.6) is 5.75 Å². The van der Waals surface area contributed by atoms with E-state index in [9.17, 15) is 18.0 Å². The Morgan fingerprint density at radius 1 is 0.868 bits per heavy atom. The lowest BCUT2D eigenvalue weighted by Gasteiger charge is -2.34. The van der Waals surface area contributed by atoms with Crippen molar-refractivity contribution in [1.82, 2.24) is 14.8 Å². The first-order valence-electron chi connectivity index (χ1n) is 12.0. The van der Waals surface area contributed by atoms with Gasteiger partial charge in [0.05, 0.1) is 16.2 Å². The summed E-state index contributed by atoms with van der Waals surface area (Å²) >= 11 is 5.94. The summed E-state index contributed by atoms with van der Waals surface area (Å²) in [6.45, 7) is 1.38. The fourth-order valence-corrected chi connectivity index (χ4v) is 6.06. The molecule has 1 aromatic heterocycles. The van der Waals surface area contributed by atoms with Crippen molar-refractivity contribution in [3.63, 3.8) is 0 Å². The van der Waals surface area contributed by atoms with Gasteiger partial charge in [0.25, 0.3) is 5.91 Å². The molecule has 0 spiro atoms. The number of piperazine rings is 1. The third-order valence-corrected chi connectivity index (χ3v) is 8.26. The topological polar surface area (TPSA) is 96.9 Å². The number of ether oxygens (including phenoxy) is 1. The van der Waals surface area contributed by atoms with Gasteiger partial charge in [-0.2, -0.15) is 0 Å². The van der Waals surface area contributed by atoms with Crippen LogP contribution in [-0.4, -0.2) is 61.4 Å². The number of rotatable bonds is 5. The van der Waals surface area contributed by atoms with E-state index >= 15 is 0 Å². The molecule has 10 heteroatoms. The van der Waals surface area contributed by atoms with Crippen LogP contribution < -0.4 is 4.74 Å². The summed E-state index contributed by atoms with van der Waals surface area (Å²) in [5.41, 5.74) is 1.47. The number of carbonyl (C=O) groups is 2. The molecule has 1 fully saturated rings. The Hall–Kier alpha value is -3.95. The van der Waals surface area contributed by atoms with Crippen LogP contribution in [0.2, 0.25) is 5.02 Å². The van der Waals surface area contributed by atoms with Crippen LogP contribution in [0.3, 0.4) is 0 Å². The average Bonchev–Trinajstić information content (AvgIpc) is 2.92. The van der Waals surface area contributed by atoms with Crippen LogP contribution in [0.4, 0.5) is 4.79 Å². The molecule has 1 aliphatic rings. The van der Waals surface area contributed by atoms with Crippen molar-refractivity contribution < 1.29 is 22.7 Å². The maximum Gasteiger partial charge on any atom is 0.415 e. The number of aromatic nitrogens is 1. The van der Waals surface area contributed by atoms with E-state index in [1.165, 1.54) is 0 Å². The normalized spacial score (nSPS) is 13.9.